The van der Waals surface area contributed by atoms with Gasteiger partial charge in [0, 0.05) is 4.88 Å². The van der Waals surface area contributed by atoms with Crippen LogP contribution in [0.3, 0.4) is 0 Å². The Morgan fingerprint density at radius 2 is 1.89 bits per heavy atom. The molecule has 27 heavy (non-hydrogen) atoms. The lowest BCUT2D eigenvalue weighted by Crippen LogP contribution is -2.40. The maximum atomic E-state index is 12.9. The van der Waals surface area contributed by atoms with Gasteiger partial charge < -0.3 is 5.11 Å². The van der Waals surface area contributed by atoms with Crippen molar-refractivity contribution in [2.45, 2.75) is 45.6 Å². The van der Waals surface area contributed by atoms with E-state index in [4.69, 9.17) is 0 Å². The van der Waals surface area contributed by atoms with Crippen molar-refractivity contribution >= 4 is 27.5 Å². The summed E-state index contributed by atoms with van der Waals surface area (Å²) in [5.74, 6) is -0.969. The molecule has 0 amide bonds. The maximum Gasteiger partial charge on any atom is 0.330 e. The molecule has 0 aliphatic rings. The summed E-state index contributed by atoms with van der Waals surface area (Å²) in [5.41, 5.74) is 0.856. The van der Waals surface area contributed by atoms with Gasteiger partial charge in [-0.3, -0.25) is 9.78 Å². The number of nitrogens with one attached hydrogen (secondary N) is 1. The third kappa shape index (κ3) is 3.88. The van der Waals surface area contributed by atoms with E-state index in [1.165, 1.54) is 11.3 Å². The van der Waals surface area contributed by atoms with Crippen molar-refractivity contribution in [3.63, 3.8) is 0 Å². The summed E-state index contributed by atoms with van der Waals surface area (Å²) >= 11 is 1.36. The zero-order valence-electron chi connectivity index (χ0n) is 15.5. The van der Waals surface area contributed by atoms with Crippen LogP contribution >= 0.6 is 11.3 Å². The molecule has 2 heterocycles. The number of H-pyrrole nitrogens is 1. The summed E-state index contributed by atoms with van der Waals surface area (Å²) in [4.78, 5) is 41.3. The van der Waals surface area contributed by atoms with Gasteiger partial charge in [0.1, 0.15) is 10.9 Å². The van der Waals surface area contributed by atoms with E-state index in [2.05, 4.69) is 4.98 Å². The number of aromatic amines is 1. The summed E-state index contributed by atoms with van der Waals surface area (Å²) in [6.45, 7) is 5.98. The minimum Gasteiger partial charge on any atom is -0.480 e. The van der Waals surface area contributed by atoms with Crippen LogP contribution in [-0.2, 0) is 11.2 Å². The SMILES string of the molecule is Cc1ccc(CCC(C(=O)O)n2c(=O)[nH]c3sc(C(C)C)cc3c2=O)cc1. The third-order valence-electron chi connectivity index (χ3n) is 4.63. The molecule has 3 aromatic rings. The molecule has 142 valence electrons. The first-order valence-corrected chi connectivity index (χ1v) is 9.66. The predicted molar refractivity (Wildman–Crippen MR) is 107 cm³/mol. The number of aliphatic carboxylic acids is 1. The number of thiophene rings is 1. The van der Waals surface area contributed by atoms with E-state index < -0.39 is 23.3 Å². The number of carboxylic acids is 1. The highest BCUT2D eigenvalue weighted by Gasteiger charge is 2.25. The maximum absolute atomic E-state index is 12.9. The molecule has 0 radical (unpaired) electrons. The van der Waals surface area contributed by atoms with E-state index in [1.807, 2.05) is 45.0 Å². The van der Waals surface area contributed by atoms with Crippen LogP contribution in [0.1, 0.15) is 48.2 Å². The molecule has 0 saturated heterocycles. The van der Waals surface area contributed by atoms with Gasteiger partial charge in [-0.25, -0.2) is 14.2 Å². The van der Waals surface area contributed by atoms with Crippen molar-refractivity contribution in [3.8, 4) is 0 Å². The Hall–Kier alpha value is -2.67. The summed E-state index contributed by atoms with van der Waals surface area (Å²) in [6.07, 6.45) is 0.621. The van der Waals surface area contributed by atoms with Gasteiger partial charge in [0.05, 0.1) is 5.39 Å². The van der Waals surface area contributed by atoms with Crippen molar-refractivity contribution in [1.82, 2.24) is 9.55 Å². The van der Waals surface area contributed by atoms with Crippen LogP contribution in [0, 0.1) is 6.92 Å². The van der Waals surface area contributed by atoms with Crippen LogP contribution in [0.2, 0.25) is 0 Å². The predicted octanol–water partition coefficient (Wildman–Crippen LogP) is 3.44. The van der Waals surface area contributed by atoms with E-state index in [0.29, 0.717) is 16.6 Å². The Morgan fingerprint density at radius 3 is 2.48 bits per heavy atom. The minimum absolute atomic E-state index is 0.161. The van der Waals surface area contributed by atoms with Gasteiger partial charge in [0.15, 0.2) is 0 Å². The van der Waals surface area contributed by atoms with Crippen molar-refractivity contribution < 1.29 is 9.90 Å². The van der Waals surface area contributed by atoms with E-state index in [9.17, 15) is 19.5 Å². The number of carboxylic acid groups (broad SMARTS) is 1. The fourth-order valence-electron chi connectivity index (χ4n) is 3.03. The third-order valence-corrected chi connectivity index (χ3v) is 5.98. The lowest BCUT2D eigenvalue weighted by molar-refractivity contribution is -0.141. The molecule has 7 heteroatoms. The van der Waals surface area contributed by atoms with Crippen molar-refractivity contribution in [2.24, 2.45) is 0 Å². The van der Waals surface area contributed by atoms with Gasteiger partial charge in [-0.15, -0.1) is 11.3 Å². The first-order chi connectivity index (χ1) is 12.8. The molecule has 2 aromatic heterocycles. The normalized spacial score (nSPS) is 12.6. The van der Waals surface area contributed by atoms with Gasteiger partial charge in [-0.1, -0.05) is 43.7 Å². The molecule has 1 unspecified atom stereocenters. The first-order valence-electron chi connectivity index (χ1n) is 8.84. The largest absolute Gasteiger partial charge is 0.480 e. The minimum atomic E-state index is -1.21. The number of hydrogen-bond donors (Lipinski definition) is 2. The highest BCUT2D eigenvalue weighted by Crippen LogP contribution is 2.27. The molecular formula is C20H22N2O4S. The summed E-state index contributed by atoms with van der Waals surface area (Å²) in [5, 5.41) is 10.0. The molecule has 0 aliphatic heterocycles. The number of rotatable bonds is 6. The standard InChI is InChI=1S/C20H22N2O4S/c1-11(2)16-10-14-17(27-16)21-20(26)22(18(14)23)15(19(24)25)9-8-13-6-4-12(3)5-7-13/h4-7,10-11,15H,8-9H2,1-3H3,(H,21,26)(H,24,25). The molecule has 1 aromatic carbocycles. The fraction of sp³-hybridized carbons (Fsp3) is 0.350. The van der Waals surface area contributed by atoms with Crippen LogP contribution in [0.15, 0.2) is 39.9 Å². The number of carbonyl (C=O) groups is 1. The van der Waals surface area contributed by atoms with Crippen LogP contribution in [-0.4, -0.2) is 20.6 Å². The number of benzene rings is 1. The molecule has 3 rings (SSSR count). The van der Waals surface area contributed by atoms with Gasteiger partial charge in [0.2, 0.25) is 0 Å². The van der Waals surface area contributed by atoms with Crippen molar-refractivity contribution in [3.05, 3.63) is 67.2 Å². The smallest absolute Gasteiger partial charge is 0.330 e. The lowest BCUT2D eigenvalue weighted by atomic mass is 10.0. The fourth-order valence-corrected chi connectivity index (χ4v) is 4.07. The number of aromatic nitrogens is 2. The molecule has 1 atom stereocenters. The van der Waals surface area contributed by atoms with Gasteiger partial charge in [-0.2, -0.15) is 0 Å². The Labute approximate surface area is 160 Å². The lowest BCUT2D eigenvalue weighted by Gasteiger charge is -2.14. The second-order valence-corrected chi connectivity index (χ2v) is 8.11. The van der Waals surface area contributed by atoms with E-state index in [1.54, 1.807) is 6.07 Å². The Bertz CT molecular complexity index is 1090. The molecule has 0 bridgehead atoms. The Kier molecular flexibility index (Phi) is 5.32. The summed E-state index contributed by atoms with van der Waals surface area (Å²) in [6, 6.07) is 8.30. The molecular weight excluding hydrogens is 364 g/mol. The van der Waals surface area contributed by atoms with Crippen LogP contribution < -0.4 is 11.2 Å². The van der Waals surface area contributed by atoms with Gasteiger partial charge in [-0.05, 0) is 37.3 Å². The Balaban J connectivity index is 2.00. The van der Waals surface area contributed by atoms with Crippen molar-refractivity contribution in [2.75, 3.05) is 0 Å². The zero-order chi connectivity index (χ0) is 19.7. The second-order valence-electron chi connectivity index (χ2n) is 7.03. The van der Waals surface area contributed by atoms with Gasteiger partial charge in [0.25, 0.3) is 5.56 Å². The zero-order valence-corrected chi connectivity index (χ0v) is 16.3. The number of fused-ring (bicyclic) bond motifs is 1. The summed E-state index contributed by atoms with van der Waals surface area (Å²) in [7, 11) is 0. The monoisotopic (exact) mass is 386 g/mol. The van der Waals surface area contributed by atoms with Gasteiger partial charge >= 0.3 is 11.7 Å². The molecule has 0 fully saturated rings. The van der Waals surface area contributed by atoms with Crippen LogP contribution in [0.25, 0.3) is 10.2 Å². The molecule has 0 aliphatic carbocycles. The Morgan fingerprint density at radius 1 is 1.22 bits per heavy atom. The topological polar surface area (TPSA) is 92.2 Å². The van der Waals surface area contributed by atoms with E-state index in [0.717, 1.165) is 20.6 Å². The van der Waals surface area contributed by atoms with Crippen molar-refractivity contribution in [1.29, 1.82) is 0 Å². The van der Waals surface area contributed by atoms with Crippen LogP contribution in [0.4, 0.5) is 0 Å². The average Bonchev–Trinajstić information content (AvgIpc) is 3.03. The van der Waals surface area contributed by atoms with E-state index in [-0.39, 0.29) is 12.3 Å². The molecule has 2 N–H and O–H groups in total. The van der Waals surface area contributed by atoms with E-state index >= 15 is 0 Å². The average molecular weight is 386 g/mol. The summed E-state index contributed by atoms with van der Waals surface area (Å²) < 4.78 is 0.843. The number of aryl methyl sites for hydroxylation is 2. The quantitative estimate of drug-likeness (QED) is 0.679. The molecule has 0 saturated carbocycles. The highest BCUT2D eigenvalue weighted by molar-refractivity contribution is 7.18. The molecule has 0 spiro atoms. The first kappa shape index (κ1) is 19.1. The van der Waals surface area contributed by atoms with Crippen LogP contribution in [0.5, 0.6) is 0 Å². The molecule has 6 nitrogen and oxygen atoms in total. The highest BCUT2D eigenvalue weighted by atomic mass is 32.1. The number of hydrogen-bond acceptors (Lipinski definition) is 4. The second kappa shape index (κ2) is 7.52. The number of nitrogens with zero attached hydrogens (tertiary/aromatic N) is 1.